The van der Waals surface area contributed by atoms with Gasteiger partial charge in [-0.2, -0.15) is 14.6 Å². The average Bonchev–Trinajstić information content (AvgIpc) is 2.91. The molecule has 6 nitrogen and oxygen atoms in total. The number of nitrogens with one attached hydrogen (secondary N) is 1. The Morgan fingerprint density at radius 2 is 2.17 bits per heavy atom. The van der Waals surface area contributed by atoms with Gasteiger partial charge in [-0.25, -0.2) is 18.0 Å². The van der Waals surface area contributed by atoms with Crippen molar-refractivity contribution in [3.8, 4) is 17.1 Å². The molecule has 0 bridgehead atoms. The number of H-pyrrole nitrogens is 1. The van der Waals surface area contributed by atoms with Crippen molar-refractivity contribution < 1.29 is 17.9 Å². The lowest BCUT2D eigenvalue weighted by Crippen LogP contribution is -2.20. The second-order valence-electron chi connectivity index (χ2n) is 4.71. The number of nitrogens with zero attached hydrogens (tertiary/aromatic N) is 3. The van der Waals surface area contributed by atoms with Crippen LogP contribution in [0.25, 0.3) is 16.8 Å². The molecule has 0 saturated carbocycles. The number of ether oxygens (including phenoxy) is 1. The Morgan fingerprint density at radius 1 is 1.42 bits per heavy atom. The van der Waals surface area contributed by atoms with E-state index in [-0.39, 0.29) is 34.4 Å². The fourth-order valence-electron chi connectivity index (χ4n) is 2.23. The quantitative estimate of drug-likeness (QED) is 0.777. The van der Waals surface area contributed by atoms with Crippen LogP contribution in [-0.4, -0.2) is 26.2 Å². The molecule has 0 fully saturated rings. The van der Waals surface area contributed by atoms with E-state index in [2.05, 4.69) is 15.1 Å². The first-order chi connectivity index (χ1) is 11.4. The van der Waals surface area contributed by atoms with Crippen LogP contribution in [0.15, 0.2) is 23.0 Å². The van der Waals surface area contributed by atoms with Crippen LogP contribution in [-0.2, 0) is 0 Å². The van der Waals surface area contributed by atoms with Gasteiger partial charge in [-0.15, -0.1) is 0 Å². The number of halogens is 4. The summed E-state index contributed by atoms with van der Waals surface area (Å²) in [5.41, 5.74) is -1.75. The van der Waals surface area contributed by atoms with Crippen LogP contribution in [0, 0.1) is 5.82 Å². The van der Waals surface area contributed by atoms with Crippen LogP contribution in [0.3, 0.4) is 0 Å². The molecular formula is C14H10ClF3N4O2. The molecule has 126 valence electrons. The number of hydrogen-bond acceptors (Lipinski definition) is 4. The molecule has 10 heteroatoms. The summed E-state index contributed by atoms with van der Waals surface area (Å²) in [5.74, 6) is -0.788. The standard InChI is InChI=1S/C14H10ClF3N4O2/c1-2-24-13-19-12-9(6-3-4-7(15)8(16)5-6)10(11(17)18)21-22(12)14(23)20-13/h3-5,11H,2H2,1H3,(H,19,20,23). The number of alkyl halides is 2. The Kier molecular flexibility index (Phi) is 4.18. The highest BCUT2D eigenvalue weighted by Gasteiger charge is 2.25. The van der Waals surface area contributed by atoms with Gasteiger partial charge in [0.2, 0.25) is 0 Å². The van der Waals surface area contributed by atoms with E-state index < -0.39 is 23.6 Å². The van der Waals surface area contributed by atoms with Gasteiger partial charge in [0.15, 0.2) is 5.65 Å². The Bertz CT molecular complexity index is 971. The highest BCUT2D eigenvalue weighted by molar-refractivity contribution is 6.30. The average molecular weight is 359 g/mol. The first-order valence-corrected chi connectivity index (χ1v) is 7.19. The van der Waals surface area contributed by atoms with Crippen molar-refractivity contribution in [3.05, 3.63) is 45.2 Å². The molecule has 1 N–H and O–H groups in total. The molecule has 0 saturated heterocycles. The molecule has 2 aromatic heterocycles. The van der Waals surface area contributed by atoms with Crippen molar-refractivity contribution in [2.24, 2.45) is 0 Å². The number of fused-ring (bicyclic) bond motifs is 1. The molecule has 3 rings (SSSR count). The second-order valence-corrected chi connectivity index (χ2v) is 5.11. The van der Waals surface area contributed by atoms with Crippen molar-refractivity contribution in [3.63, 3.8) is 0 Å². The van der Waals surface area contributed by atoms with E-state index >= 15 is 0 Å². The van der Waals surface area contributed by atoms with Gasteiger partial charge in [-0.05, 0) is 24.6 Å². The second kappa shape index (κ2) is 6.16. The fraction of sp³-hybridized carbons (Fsp3) is 0.214. The first kappa shape index (κ1) is 16.3. The number of benzene rings is 1. The number of hydrogen-bond donors (Lipinski definition) is 1. The van der Waals surface area contributed by atoms with Gasteiger partial charge in [0.05, 0.1) is 17.2 Å². The zero-order valence-corrected chi connectivity index (χ0v) is 12.9. The van der Waals surface area contributed by atoms with Gasteiger partial charge >= 0.3 is 5.69 Å². The van der Waals surface area contributed by atoms with Gasteiger partial charge in [-0.3, -0.25) is 4.98 Å². The lowest BCUT2D eigenvalue weighted by molar-refractivity contribution is 0.146. The van der Waals surface area contributed by atoms with E-state index in [0.717, 1.165) is 6.07 Å². The van der Waals surface area contributed by atoms with E-state index in [1.165, 1.54) is 12.1 Å². The molecule has 0 aliphatic rings. The summed E-state index contributed by atoms with van der Waals surface area (Å²) in [7, 11) is 0. The van der Waals surface area contributed by atoms with Crippen molar-refractivity contribution in [1.29, 1.82) is 0 Å². The minimum Gasteiger partial charge on any atom is -0.465 e. The third-order valence-corrected chi connectivity index (χ3v) is 3.50. The van der Waals surface area contributed by atoms with Gasteiger partial charge in [0.1, 0.15) is 11.5 Å². The largest absolute Gasteiger partial charge is 0.465 e. The predicted octanol–water partition coefficient (Wildman–Crippen LogP) is 3.21. The van der Waals surface area contributed by atoms with E-state index in [4.69, 9.17) is 16.3 Å². The molecule has 0 spiro atoms. The van der Waals surface area contributed by atoms with E-state index in [1.807, 2.05) is 0 Å². The Balaban J connectivity index is 2.36. The summed E-state index contributed by atoms with van der Waals surface area (Å²) >= 11 is 5.62. The molecule has 0 amide bonds. The molecular weight excluding hydrogens is 349 g/mol. The maximum absolute atomic E-state index is 13.7. The van der Waals surface area contributed by atoms with Crippen LogP contribution < -0.4 is 10.4 Å². The van der Waals surface area contributed by atoms with Crippen molar-refractivity contribution in [1.82, 2.24) is 19.6 Å². The third kappa shape index (κ3) is 2.71. The van der Waals surface area contributed by atoms with Crippen LogP contribution >= 0.6 is 11.6 Å². The minimum absolute atomic E-state index is 0.0720. The summed E-state index contributed by atoms with van der Waals surface area (Å²) < 4.78 is 46.2. The smallest absolute Gasteiger partial charge is 0.352 e. The zero-order chi connectivity index (χ0) is 17.4. The van der Waals surface area contributed by atoms with E-state index in [9.17, 15) is 18.0 Å². The molecule has 0 aliphatic heterocycles. The van der Waals surface area contributed by atoms with Crippen molar-refractivity contribution >= 4 is 17.2 Å². The third-order valence-electron chi connectivity index (χ3n) is 3.20. The number of aromatic nitrogens is 4. The molecule has 1 aromatic carbocycles. The minimum atomic E-state index is -2.99. The van der Waals surface area contributed by atoms with Gasteiger partial charge in [0, 0.05) is 0 Å². The molecule has 3 aromatic rings. The van der Waals surface area contributed by atoms with Gasteiger partial charge in [0.25, 0.3) is 12.4 Å². The maximum atomic E-state index is 13.7. The molecule has 24 heavy (non-hydrogen) atoms. The molecule has 0 unspecified atom stereocenters. The SMILES string of the molecule is CCOc1nc2c(-c3ccc(Cl)c(F)c3)c(C(F)F)nn2c(=O)[nH]1. The summed E-state index contributed by atoms with van der Waals surface area (Å²) in [6.07, 6.45) is -2.99. The summed E-state index contributed by atoms with van der Waals surface area (Å²) in [6, 6.07) is 3.40. The van der Waals surface area contributed by atoms with Crippen LogP contribution in [0.2, 0.25) is 5.02 Å². The Hall–Kier alpha value is -2.55. The monoisotopic (exact) mass is 358 g/mol. The molecule has 0 radical (unpaired) electrons. The van der Waals surface area contributed by atoms with Crippen molar-refractivity contribution in [2.75, 3.05) is 6.61 Å². The van der Waals surface area contributed by atoms with Crippen LogP contribution in [0.1, 0.15) is 19.0 Å². The first-order valence-electron chi connectivity index (χ1n) is 6.81. The van der Waals surface area contributed by atoms with Gasteiger partial charge < -0.3 is 4.74 Å². The van der Waals surface area contributed by atoms with Crippen LogP contribution in [0.5, 0.6) is 6.01 Å². The predicted molar refractivity (Wildman–Crippen MR) is 80.1 cm³/mol. The van der Waals surface area contributed by atoms with Crippen molar-refractivity contribution in [2.45, 2.75) is 13.3 Å². The van der Waals surface area contributed by atoms with E-state index in [0.29, 0.717) is 4.52 Å². The number of rotatable bonds is 4. The Labute approximate surface area is 137 Å². The number of aromatic amines is 1. The topological polar surface area (TPSA) is 72.3 Å². The summed E-state index contributed by atoms with van der Waals surface area (Å²) in [4.78, 5) is 18.3. The summed E-state index contributed by atoms with van der Waals surface area (Å²) in [5, 5.41) is 3.43. The molecule has 2 heterocycles. The molecule has 0 aliphatic carbocycles. The molecule has 0 atom stereocenters. The lowest BCUT2D eigenvalue weighted by atomic mass is 10.1. The normalized spacial score (nSPS) is 11.4. The Morgan fingerprint density at radius 3 is 2.79 bits per heavy atom. The zero-order valence-electron chi connectivity index (χ0n) is 12.2. The lowest BCUT2D eigenvalue weighted by Gasteiger charge is -2.05. The van der Waals surface area contributed by atoms with Gasteiger partial charge in [-0.1, -0.05) is 17.7 Å². The van der Waals surface area contributed by atoms with E-state index in [1.54, 1.807) is 6.92 Å². The highest BCUT2D eigenvalue weighted by Crippen LogP contribution is 2.34. The highest BCUT2D eigenvalue weighted by atomic mass is 35.5. The van der Waals surface area contributed by atoms with Crippen LogP contribution in [0.4, 0.5) is 13.2 Å². The summed E-state index contributed by atoms with van der Waals surface area (Å²) in [6.45, 7) is 1.88. The fourth-order valence-corrected chi connectivity index (χ4v) is 2.34. The maximum Gasteiger partial charge on any atom is 0.352 e.